The van der Waals surface area contributed by atoms with Crippen molar-refractivity contribution >= 4 is 11.6 Å². The average molecular weight is 247 g/mol. The Kier molecular flexibility index (Phi) is 4.05. The van der Waals surface area contributed by atoms with Crippen LogP contribution in [0.3, 0.4) is 0 Å². The molecule has 0 N–H and O–H groups in total. The number of rotatable bonds is 4. The minimum atomic E-state index is 0.672. The van der Waals surface area contributed by atoms with Crippen LogP contribution in [0.25, 0.3) is 0 Å². The SMILES string of the molecule is Cc1ccc(Cl)cc1OCCc1ccccc1. The second-order valence-electron chi connectivity index (χ2n) is 3.99. The Morgan fingerprint density at radius 2 is 1.82 bits per heavy atom. The van der Waals surface area contributed by atoms with Crippen molar-refractivity contribution in [3.8, 4) is 5.75 Å². The van der Waals surface area contributed by atoms with Crippen LogP contribution in [0.1, 0.15) is 11.1 Å². The quantitative estimate of drug-likeness (QED) is 0.783. The van der Waals surface area contributed by atoms with E-state index in [9.17, 15) is 0 Å². The van der Waals surface area contributed by atoms with Gasteiger partial charge in [-0.25, -0.2) is 0 Å². The molecule has 0 fully saturated rings. The van der Waals surface area contributed by atoms with Crippen LogP contribution in [0.4, 0.5) is 0 Å². The lowest BCUT2D eigenvalue weighted by atomic mass is 10.2. The molecule has 0 amide bonds. The minimum Gasteiger partial charge on any atom is -0.493 e. The lowest BCUT2D eigenvalue weighted by Gasteiger charge is -2.09. The van der Waals surface area contributed by atoms with Gasteiger partial charge in [0, 0.05) is 11.4 Å². The Balaban J connectivity index is 1.92. The van der Waals surface area contributed by atoms with Crippen molar-refractivity contribution in [1.29, 1.82) is 0 Å². The summed E-state index contributed by atoms with van der Waals surface area (Å²) >= 11 is 5.93. The zero-order valence-corrected chi connectivity index (χ0v) is 10.6. The molecule has 0 aliphatic rings. The number of hydrogen-bond acceptors (Lipinski definition) is 1. The van der Waals surface area contributed by atoms with Gasteiger partial charge in [-0.2, -0.15) is 0 Å². The molecule has 0 saturated heterocycles. The first-order valence-electron chi connectivity index (χ1n) is 5.68. The van der Waals surface area contributed by atoms with Crippen molar-refractivity contribution in [2.24, 2.45) is 0 Å². The van der Waals surface area contributed by atoms with Crippen LogP contribution >= 0.6 is 11.6 Å². The van der Waals surface area contributed by atoms with Gasteiger partial charge in [0.2, 0.25) is 0 Å². The highest BCUT2D eigenvalue weighted by atomic mass is 35.5. The Labute approximate surface area is 107 Å². The maximum absolute atomic E-state index is 5.93. The Hall–Kier alpha value is -1.47. The fraction of sp³-hybridized carbons (Fsp3) is 0.200. The van der Waals surface area contributed by atoms with Gasteiger partial charge >= 0.3 is 0 Å². The summed E-state index contributed by atoms with van der Waals surface area (Å²) in [5.74, 6) is 0.869. The molecule has 0 bridgehead atoms. The third kappa shape index (κ3) is 3.50. The van der Waals surface area contributed by atoms with Crippen molar-refractivity contribution in [2.75, 3.05) is 6.61 Å². The van der Waals surface area contributed by atoms with Gasteiger partial charge in [-0.05, 0) is 30.2 Å². The summed E-state index contributed by atoms with van der Waals surface area (Å²) < 4.78 is 5.74. The molecule has 2 rings (SSSR count). The van der Waals surface area contributed by atoms with Gasteiger partial charge < -0.3 is 4.74 Å². The molecule has 0 spiro atoms. The molecule has 0 aliphatic heterocycles. The summed E-state index contributed by atoms with van der Waals surface area (Å²) in [6.45, 7) is 2.69. The third-order valence-corrected chi connectivity index (χ3v) is 2.88. The maximum Gasteiger partial charge on any atom is 0.123 e. The molecule has 0 aliphatic carbocycles. The average Bonchev–Trinajstić information content (AvgIpc) is 2.35. The molecule has 17 heavy (non-hydrogen) atoms. The summed E-state index contributed by atoms with van der Waals surface area (Å²) in [6, 6.07) is 16.0. The van der Waals surface area contributed by atoms with Crippen molar-refractivity contribution in [2.45, 2.75) is 13.3 Å². The number of ether oxygens (including phenoxy) is 1. The zero-order chi connectivity index (χ0) is 12.1. The van der Waals surface area contributed by atoms with Gasteiger partial charge in [-0.3, -0.25) is 0 Å². The van der Waals surface area contributed by atoms with E-state index in [1.807, 2.05) is 43.3 Å². The molecule has 1 nitrogen and oxygen atoms in total. The molecule has 0 unspecified atom stereocenters. The van der Waals surface area contributed by atoms with E-state index >= 15 is 0 Å². The predicted octanol–water partition coefficient (Wildman–Crippen LogP) is 4.27. The topological polar surface area (TPSA) is 9.23 Å². The van der Waals surface area contributed by atoms with E-state index in [-0.39, 0.29) is 0 Å². The lowest BCUT2D eigenvalue weighted by molar-refractivity contribution is 0.320. The Morgan fingerprint density at radius 3 is 2.59 bits per heavy atom. The number of hydrogen-bond donors (Lipinski definition) is 0. The maximum atomic E-state index is 5.93. The van der Waals surface area contributed by atoms with E-state index < -0.39 is 0 Å². The summed E-state index contributed by atoms with van der Waals surface area (Å²) in [5.41, 5.74) is 2.40. The first-order chi connectivity index (χ1) is 8.25. The van der Waals surface area contributed by atoms with E-state index in [1.165, 1.54) is 5.56 Å². The van der Waals surface area contributed by atoms with Gasteiger partial charge in [-0.1, -0.05) is 48.0 Å². The first-order valence-corrected chi connectivity index (χ1v) is 6.06. The predicted molar refractivity (Wildman–Crippen MR) is 71.8 cm³/mol. The van der Waals surface area contributed by atoms with Gasteiger partial charge in [-0.15, -0.1) is 0 Å². The molecule has 0 radical (unpaired) electrons. The van der Waals surface area contributed by atoms with E-state index in [1.54, 1.807) is 0 Å². The van der Waals surface area contributed by atoms with Crippen LogP contribution in [-0.4, -0.2) is 6.61 Å². The molecule has 88 valence electrons. The van der Waals surface area contributed by atoms with Crippen LogP contribution < -0.4 is 4.74 Å². The molecule has 2 aromatic carbocycles. The fourth-order valence-electron chi connectivity index (χ4n) is 1.65. The summed E-state index contributed by atoms with van der Waals surface area (Å²) in [6.07, 6.45) is 0.910. The standard InChI is InChI=1S/C15H15ClO/c1-12-7-8-14(16)11-15(12)17-10-9-13-5-3-2-4-6-13/h2-8,11H,9-10H2,1H3. The lowest BCUT2D eigenvalue weighted by Crippen LogP contribution is -2.02. The third-order valence-electron chi connectivity index (χ3n) is 2.64. The molecule has 0 saturated carbocycles. The number of benzene rings is 2. The van der Waals surface area contributed by atoms with E-state index in [4.69, 9.17) is 16.3 Å². The Morgan fingerprint density at radius 1 is 1.06 bits per heavy atom. The second kappa shape index (κ2) is 5.74. The second-order valence-corrected chi connectivity index (χ2v) is 4.43. The molecule has 2 aromatic rings. The van der Waals surface area contributed by atoms with E-state index in [2.05, 4.69) is 12.1 Å². The molecule has 0 atom stereocenters. The molecule has 2 heteroatoms. The molecular formula is C15H15ClO. The fourth-order valence-corrected chi connectivity index (χ4v) is 1.82. The highest BCUT2D eigenvalue weighted by molar-refractivity contribution is 6.30. The molecule has 0 aromatic heterocycles. The van der Waals surface area contributed by atoms with Crippen molar-refractivity contribution in [1.82, 2.24) is 0 Å². The van der Waals surface area contributed by atoms with E-state index in [0.29, 0.717) is 11.6 Å². The highest BCUT2D eigenvalue weighted by Crippen LogP contribution is 2.22. The molecule has 0 heterocycles. The van der Waals surface area contributed by atoms with Gasteiger partial charge in [0.25, 0.3) is 0 Å². The molecular weight excluding hydrogens is 232 g/mol. The van der Waals surface area contributed by atoms with Gasteiger partial charge in [0.05, 0.1) is 6.61 Å². The van der Waals surface area contributed by atoms with Gasteiger partial charge in [0.1, 0.15) is 5.75 Å². The highest BCUT2D eigenvalue weighted by Gasteiger charge is 2.00. The van der Waals surface area contributed by atoms with Crippen molar-refractivity contribution in [3.63, 3.8) is 0 Å². The summed E-state index contributed by atoms with van der Waals surface area (Å²) in [5, 5.41) is 0.713. The van der Waals surface area contributed by atoms with Gasteiger partial charge in [0.15, 0.2) is 0 Å². The minimum absolute atomic E-state index is 0.672. The van der Waals surface area contributed by atoms with Crippen LogP contribution in [0, 0.1) is 6.92 Å². The monoisotopic (exact) mass is 246 g/mol. The van der Waals surface area contributed by atoms with Crippen LogP contribution in [0.5, 0.6) is 5.75 Å². The zero-order valence-electron chi connectivity index (χ0n) is 9.82. The first kappa shape index (κ1) is 12.0. The Bertz CT molecular complexity index is 480. The number of halogens is 1. The smallest absolute Gasteiger partial charge is 0.123 e. The van der Waals surface area contributed by atoms with Crippen molar-refractivity contribution in [3.05, 3.63) is 64.7 Å². The van der Waals surface area contributed by atoms with E-state index in [0.717, 1.165) is 17.7 Å². The largest absolute Gasteiger partial charge is 0.493 e. The summed E-state index contributed by atoms with van der Waals surface area (Å²) in [7, 11) is 0. The van der Waals surface area contributed by atoms with Crippen LogP contribution in [0.2, 0.25) is 5.02 Å². The normalized spacial score (nSPS) is 10.2. The summed E-state index contributed by atoms with van der Waals surface area (Å²) in [4.78, 5) is 0. The van der Waals surface area contributed by atoms with Crippen LogP contribution in [-0.2, 0) is 6.42 Å². The van der Waals surface area contributed by atoms with Crippen molar-refractivity contribution < 1.29 is 4.74 Å². The van der Waals surface area contributed by atoms with Crippen LogP contribution in [0.15, 0.2) is 48.5 Å². The number of aryl methyl sites for hydroxylation is 1.